The Kier molecular flexibility index (Phi) is 5.69. The predicted molar refractivity (Wildman–Crippen MR) is 111 cm³/mol. The first-order valence-electron chi connectivity index (χ1n) is 9.32. The molecule has 2 heterocycles. The molecule has 0 spiro atoms. The molecule has 31 heavy (non-hydrogen) atoms. The van der Waals surface area contributed by atoms with Crippen molar-refractivity contribution in [1.82, 2.24) is 14.9 Å². The highest BCUT2D eigenvalue weighted by Gasteiger charge is 2.39. The maximum absolute atomic E-state index is 14.0. The van der Waals surface area contributed by atoms with Crippen molar-refractivity contribution in [2.75, 3.05) is 36.4 Å². The molecule has 1 aromatic heterocycles. The molecule has 0 bridgehead atoms. The minimum absolute atomic E-state index is 0.0235. The van der Waals surface area contributed by atoms with Crippen LogP contribution in [0, 0.1) is 5.82 Å². The van der Waals surface area contributed by atoms with Gasteiger partial charge in [0.05, 0.1) is 16.7 Å². The molecular formula is C20H16BrF4N5O. The number of alkyl halides is 3. The van der Waals surface area contributed by atoms with Crippen molar-refractivity contribution >= 4 is 44.5 Å². The molecule has 0 aliphatic carbocycles. The van der Waals surface area contributed by atoms with Crippen molar-refractivity contribution in [2.45, 2.75) is 6.18 Å². The van der Waals surface area contributed by atoms with Gasteiger partial charge in [-0.2, -0.15) is 13.2 Å². The molecule has 2 amide bonds. The fraction of sp³-hybridized carbons (Fsp3) is 0.250. The van der Waals surface area contributed by atoms with Crippen LogP contribution in [0.1, 0.15) is 5.69 Å². The van der Waals surface area contributed by atoms with Gasteiger partial charge in [0, 0.05) is 30.7 Å². The zero-order chi connectivity index (χ0) is 22.2. The van der Waals surface area contributed by atoms with Gasteiger partial charge in [0.25, 0.3) is 0 Å². The SMILES string of the molecule is O=C(Nc1ccc(Br)cc1F)N1CCN(c2nc3ccccc3nc2C(F)(F)F)CC1. The molecule has 1 fully saturated rings. The molecule has 1 aliphatic heterocycles. The van der Waals surface area contributed by atoms with E-state index in [9.17, 15) is 22.4 Å². The number of carbonyl (C=O) groups excluding carboxylic acids is 1. The van der Waals surface area contributed by atoms with E-state index in [1.165, 1.54) is 28.0 Å². The van der Waals surface area contributed by atoms with Crippen LogP contribution in [-0.2, 0) is 6.18 Å². The molecule has 2 aromatic carbocycles. The molecule has 1 saturated heterocycles. The van der Waals surface area contributed by atoms with E-state index in [4.69, 9.17) is 0 Å². The van der Waals surface area contributed by atoms with E-state index in [0.717, 1.165) is 0 Å². The maximum atomic E-state index is 14.0. The van der Waals surface area contributed by atoms with Gasteiger partial charge in [-0.25, -0.2) is 19.2 Å². The summed E-state index contributed by atoms with van der Waals surface area (Å²) in [5.74, 6) is -0.854. The van der Waals surface area contributed by atoms with Crippen molar-refractivity contribution in [3.63, 3.8) is 0 Å². The van der Waals surface area contributed by atoms with Gasteiger partial charge in [-0.3, -0.25) is 0 Å². The molecule has 0 radical (unpaired) electrons. The fourth-order valence-electron chi connectivity index (χ4n) is 3.31. The number of benzene rings is 2. The van der Waals surface area contributed by atoms with Crippen LogP contribution in [0.4, 0.5) is 33.9 Å². The molecular weight excluding hydrogens is 482 g/mol. The van der Waals surface area contributed by atoms with Crippen LogP contribution in [0.3, 0.4) is 0 Å². The first-order valence-corrected chi connectivity index (χ1v) is 10.1. The summed E-state index contributed by atoms with van der Waals surface area (Å²) in [5, 5.41) is 2.49. The third kappa shape index (κ3) is 4.55. The molecule has 162 valence electrons. The summed E-state index contributed by atoms with van der Waals surface area (Å²) < 4.78 is 55.3. The minimum atomic E-state index is -4.67. The second-order valence-electron chi connectivity index (χ2n) is 6.91. The van der Waals surface area contributed by atoms with Gasteiger partial charge in [-0.1, -0.05) is 28.1 Å². The molecule has 1 aliphatic rings. The summed E-state index contributed by atoms with van der Waals surface area (Å²) in [6.07, 6.45) is -4.67. The van der Waals surface area contributed by atoms with E-state index in [-0.39, 0.29) is 43.2 Å². The Morgan fingerprint density at radius 2 is 1.65 bits per heavy atom. The summed E-state index contributed by atoms with van der Waals surface area (Å²) in [4.78, 5) is 23.3. The molecule has 0 atom stereocenters. The quantitative estimate of drug-likeness (QED) is 0.511. The summed E-state index contributed by atoms with van der Waals surface area (Å²) in [5.41, 5.74) is -0.513. The standard InChI is InChI=1S/C20H16BrF4N5O/c21-12-5-6-14(13(22)11-12)28-19(31)30-9-7-29(8-10-30)18-17(20(23,24)25)26-15-3-1-2-4-16(15)27-18/h1-6,11H,7-10H2,(H,28,31). The van der Waals surface area contributed by atoms with Crippen LogP contribution >= 0.6 is 15.9 Å². The first kappa shape index (κ1) is 21.3. The lowest BCUT2D eigenvalue weighted by molar-refractivity contribution is -0.140. The van der Waals surface area contributed by atoms with E-state index in [1.54, 1.807) is 24.3 Å². The topological polar surface area (TPSA) is 61.4 Å². The van der Waals surface area contributed by atoms with Crippen LogP contribution in [0.25, 0.3) is 11.0 Å². The number of anilines is 2. The zero-order valence-electron chi connectivity index (χ0n) is 16.0. The van der Waals surface area contributed by atoms with E-state index in [0.29, 0.717) is 9.99 Å². The van der Waals surface area contributed by atoms with Gasteiger partial charge in [-0.15, -0.1) is 0 Å². The number of nitrogens with zero attached hydrogens (tertiary/aromatic N) is 4. The average Bonchev–Trinajstić information content (AvgIpc) is 2.74. The van der Waals surface area contributed by atoms with E-state index in [1.807, 2.05) is 0 Å². The maximum Gasteiger partial charge on any atom is 0.437 e. The normalized spacial score (nSPS) is 14.7. The van der Waals surface area contributed by atoms with Crippen molar-refractivity contribution in [3.8, 4) is 0 Å². The minimum Gasteiger partial charge on any atom is -0.351 e. The monoisotopic (exact) mass is 497 g/mol. The van der Waals surface area contributed by atoms with Crippen LogP contribution in [0.5, 0.6) is 0 Å². The summed E-state index contributed by atoms with van der Waals surface area (Å²) in [7, 11) is 0. The van der Waals surface area contributed by atoms with Gasteiger partial charge in [0.15, 0.2) is 11.5 Å². The highest BCUT2D eigenvalue weighted by molar-refractivity contribution is 9.10. The lowest BCUT2D eigenvalue weighted by Crippen LogP contribution is -2.50. The number of aromatic nitrogens is 2. The van der Waals surface area contributed by atoms with Crippen LogP contribution in [0.15, 0.2) is 46.9 Å². The molecule has 0 saturated carbocycles. The molecule has 4 rings (SSSR count). The number of hydrogen-bond acceptors (Lipinski definition) is 4. The highest BCUT2D eigenvalue weighted by atomic mass is 79.9. The molecule has 1 N–H and O–H groups in total. The Morgan fingerprint density at radius 1 is 1.00 bits per heavy atom. The van der Waals surface area contributed by atoms with Gasteiger partial charge < -0.3 is 15.1 Å². The Balaban J connectivity index is 1.50. The van der Waals surface area contributed by atoms with Gasteiger partial charge >= 0.3 is 12.2 Å². The van der Waals surface area contributed by atoms with Crippen LogP contribution < -0.4 is 10.2 Å². The van der Waals surface area contributed by atoms with E-state index < -0.39 is 23.7 Å². The smallest absolute Gasteiger partial charge is 0.351 e. The third-order valence-electron chi connectivity index (χ3n) is 4.86. The number of nitrogens with one attached hydrogen (secondary N) is 1. The largest absolute Gasteiger partial charge is 0.437 e. The number of carbonyl (C=O) groups is 1. The average molecular weight is 498 g/mol. The van der Waals surface area contributed by atoms with Crippen molar-refractivity contribution in [1.29, 1.82) is 0 Å². The number of hydrogen-bond donors (Lipinski definition) is 1. The summed E-state index contributed by atoms with van der Waals surface area (Å²) in [6.45, 7) is 0.560. The predicted octanol–water partition coefficient (Wildman–Crippen LogP) is 4.90. The zero-order valence-corrected chi connectivity index (χ0v) is 17.5. The number of halogens is 5. The van der Waals surface area contributed by atoms with Gasteiger partial charge in [0.2, 0.25) is 0 Å². The Labute approximate surface area is 183 Å². The lowest BCUT2D eigenvalue weighted by Gasteiger charge is -2.36. The van der Waals surface area contributed by atoms with Crippen molar-refractivity contribution in [3.05, 3.63) is 58.4 Å². The number of para-hydroxylation sites is 2. The number of amides is 2. The highest BCUT2D eigenvalue weighted by Crippen LogP contribution is 2.35. The van der Waals surface area contributed by atoms with Crippen LogP contribution in [-0.4, -0.2) is 47.1 Å². The van der Waals surface area contributed by atoms with Crippen molar-refractivity contribution in [2.24, 2.45) is 0 Å². The van der Waals surface area contributed by atoms with E-state index in [2.05, 4.69) is 31.2 Å². The molecule has 3 aromatic rings. The summed E-state index contributed by atoms with van der Waals surface area (Å²) >= 11 is 3.14. The number of fused-ring (bicyclic) bond motifs is 1. The second kappa shape index (κ2) is 8.29. The molecule has 6 nitrogen and oxygen atoms in total. The van der Waals surface area contributed by atoms with Crippen LogP contribution in [0.2, 0.25) is 0 Å². The summed E-state index contributed by atoms with van der Waals surface area (Å²) in [6, 6.07) is 10.1. The Bertz CT molecular complexity index is 1130. The third-order valence-corrected chi connectivity index (χ3v) is 5.35. The second-order valence-corrected chi connectivity index (χ2v) is 7.83. The van der Waals surface area contributed by atoms with Gasteiger partial charge in [0.1, 0.15) is 5.82 Å². The van der Waals surface area contributed by atoms with Crippen molar-refractivity contribution < 1.29 is 22.4 Å². The number of urea groups is 1. The van der Waals surface area contributed by atoms with Gasteiger partial charge in [-0.05, 0) is 30.3 Å². The number of rotatable bonds is 2. The van der Waals surface area contributed by atoms with E-state index >= 15 is 0 Å². The number of piperazine rings is 1. The Hall–Kier alpha value is -2.95. The molecule has 0 unspecified atom stereocenters. The molecule has 11 heteroatoms. The Morgan fingerprint density at radius 3 is 2.26 bits per heavy atom. The lowest BCUT2D eigenvalue weighted by atomic mass is 10.2. The fourth-order valence-corrected chi connectivity index (χ4v) is 3.64. The first-order chi connectivity index (χ1) is 14.7.